The first kappa shape index (κ1) is 6.78. The molecule has 5 nitrogen and oxygen atoms in total. The fourth-order valence-electron chi connectivity index (χ4n) is 0.974. The second-order valence-electron chi connectivity index (χ2n) is 2.31. The van der Waals surface area contributed by atoms with E-state index in [4.69, 9.17) is 0 Å². The van der Waals surface area contributed by atoms with Crippen molar-refractivity contribution < 1.29 is 0 Å². The van der Waals surface area contributed by atoms with Gasteiger partial charge in [-0.3, -0.25) is 19.2 Å². The monoisotopic (exact) mass is 163 g/mol. The molecule has 2 aromatic heterocycles. The van der Waals surface area contributed by atoms with E-state index in [9.17, 15) is 9.59 Å². The molecule has 12 heavy (non-hydrogen) atoms. The SMILES string of the molecule is O=c1ccn2[nH]cnc(=O)c2c1. The van der Waals surface area contributed by atoms with Crippen molar-refractivity contribution in [2.24, 2.45) is 0 Å². The highest BCUT2D eigenvalue weighted by Gasteiger charge is 1.95. The molecule has 60 valence electrons. The van der Waals surface area contributed by atoms with E-state index in [2.05, 4.69) is 10.1 Å². The molecule has 0 fully saturated rings. The summed E-state index contributed by atoms with van der Waals surface area (Å²) in [6, 6.07) is 2.61. The Labute approximate surface area is 66.3 Å². The number of rotatable bonds is 0. The van der Waals surface area contributed by atoms with Crippen LogP contribution in [0.4, 0.5) is 0 Å². The maximum Gasteiger partial charge on any atom is 0.297 e. The lowest BCUT2D eigenvalue weighted by molar-refractivity contribution is 0.873. The number of hydrogen-bond acceptors (Lipinski definition) is 3. The minimum absolute atomic E-state index is 0.200. The molecule has 2 heterocycles. The lowest BCUT2D eigenvalue weighted by atomic mass is 10.4. The average Bonchev–Trinajstić information content (AvgIpc) is 2.07. The van der Waals surface area contributed by atoms with Crippen LogP contribution in [-0.2, 0) is 0 Å². The van der Waals surface area contributed by atoms with Crippen LogP contribution in [0.5, 0.6) is 0 Å². The van der Waals surface area contributed by atoms with Crippen molar-refractivity contribution in [1.82, 2.24) is 14.6 Å². The van der Waals surface area contributed by atoms with Gasteiger partial charge in [0.05, 0.1) is 0 Å². The van der Waals surface area contributed by atoms with Gasteiger partial charge in [0, 0.05) is 18.3 Å². The molecule has 0 saturated carbocycles. The summed E-state index contributed by atoms with van der Waals surface area (Å²) in [5.74, 6) is 0. The van der Waals surface area contributed by atoms with Crippen molar-refractivity contribution in [3.8, 4) is 0 Å². The second kappa shape index (κ2) is 2.30. The van der Waals surface area contributed by atoms with E-state index < -0.39 is 5.56 Å². The van der Waals surface area contributed by atoms with Crippen LogP contribution in [0.25, 0.3) is 5.52 Å². The number of H-pyrrole nitrogens is 1. The quantitative estimate of drug-likeness (QED) is 0.563. The van der Waals surface area contributed by atoms with Crippen molar-refractivity contribution in [2.45, 2.75) is 0 Å². The highest BCUT2D eigenvalue weighted by molar-refractivity contribution is 5.41. The molecule has 0 aliphatic heterocycles. The van der Waals surface area contributed by atoms with E-state index in [1.165, 1.54) is 29.2 Å². The molecule has 0 atom stereocenters. The van der Waals surface area contributed by atoms with Crippen molar-refractivity contribution in [3.05, 3.63) is 45.2 Å². The van der Waals surface area contributed by atoms with Gasteiger partial charge in [0.2, 0.25) is 0 Å². The van der Waals surface area contributed by atoms with Crippen molar-refractivity contribution >= 4 is 5.52 Å². The zero-order valence-corrected chi connectivity index (χ0v) is 6.02. The fraction of sp³-hybridized carbons (Fsp3) is 0. The standard InChI is InChI=1S/C7H5N3O2/c11-5-1-2-10-6(3-5)7(12)8-4-9-10/h1-4H,(H,8,9,12). The normalized spacial score (nSPS) is 10.3. The summed E-state index contributed by atoms with van der Waals surface area (Å²) in [6.07, 6.45) is 2.76. The maximum atomic E-state index is 11.0. The third-order valence-electron chi connectivity index (χ3n) is 1.52. The van der Waals surface area contributed by atoms with E-state index in [0.29, 0.717) is 0 Å². The van der Waals surface area contributed by atoms with Crippen LogP contribution >= 0.6 is 0 Å². The Morgan fingerprint density at radius 3 is 3.08 bits per heavy atom. The molecule has 0 saturated heterocycles. The van der Waals surface area contributed by atoms with Crippen LogP contribution in [0.15, 0.2) is 34.2 Å². The molecule has 0 spiro atoms. The lowest BCUT2D eigenvalue weighted by Crippen LogP contribution is -2.15. The molecule has 0 aliphatic rings. The molecule has 5 heteroatoms. The van der Waals surface area contributed by atoms with Gasteiger partial charge in [-0.1, -0.05) is 0 Å². The fourth-order valence-corrected chi connectivity index (χ4v) is 0.974. The number of nitrogens with zero attached hydrogens (tertiary/aromatic N) is 2. The average molecular weight is 163 g/mol. The Morgan fingerprint density at radius 2 is 2.25 bits per heavy atom. The molecule has 2 aromatic rings. The van der Waals surface area contributed by atoms with Gasteiger partial charge in [0.25, 0.3) is 5.56 Å². The largest absolute Gasteiger partial charge is 0.297 e. The molecule has 1 N–H and O–H groups in total. The van der Waals surface area contributed by atoms with Gasteiger partial charge >= 0.3 is 0 Å². The van der Waals surface area contributed by atoms with Crippen LogP contribution in [0.2, 0.25) is 0 Å². The van der Waals surface area contributed by atoms with Gasteiger partial charge in [-0.05, 0) is 0 Å². The zero-order valence-electron chi connectivity index (χ0n) is 6.02. The summed E-state index contributed by atoms with van der Waals surface area (Å²) in [6.45, 7) is 0. The summed E-state index contributed by atoms with van der Waals surface area (Å²) in [7, 11) is 0. The third kappa shape index (κ3) is 0.914. The Kier molecular flexibility index (Phi) is 1.30. The second-order valence-corrected chi connectivity index (χ2v) is 2.31. The Hall–Kier alpha value is -1.91. The first-order valence-electron chi connectivity index (χ1n) is 3.33. The summed E-state index contributed by atoms with van der Waals surface area (Å²) in [5.41, 5.74) is -0.357. The topological polar surface area (TPSA) is 67.2 Å². The van der Waals surface area contributed by atoms with Gasteiger partial charge in [-0.2, -0.15) is 4.98 Å². The molecular weight excluding hydrogens is 158 g/mol. The number of nitrogens with one attached hydrogen (secondary N) is 1. The molecule has 0 unspecified atom stereocenters. The molecule has 0 bridgehead atoms. The van der Waals surface area contributed by atoms with E-state index in [-0.39, 0.29) is 10.9 Å². The van der Waals surface area contributed by atoms with Crippen LogP contribution < -0.4 is 11.0 Å². The molecule has 0 radical (unpaired) electrons. The first-order chi connectivity index (χ1) is 5.77. The van der Waals surface area contributed by atoms with Gasteiger partial charge in [0.1, 0.15) is 11.8 Å². The number of hydrogen-bond donors (Lipinski definition) is 1. The highest BCUT2D eigenvalue weighted by Crippen LogP contribution is 1.85. The van der Waals surface area contributed by atoms with Crippen LogP contribution in [0, 0.1) is 0 Å². The molecule has 2 rings (SSSR count). The Morgan fingerprint density at radius 1 is 1.42 bits per heavy atom. The van der Waals surface area contributed by atoms with Crippen molar-refractivity contribution in [1.29, 1.82) is 0 Å². The van der Waals surface area contributed by atoms with E-state index >= 15 is 0 Å². The van der Waals surface area contributed by atoms with Gasteiger partial charge in [-0.15, -0.1) is 0 Å². The van der Waals surface area contributed by atoms with Gasteiger partial charge in [0.15, 0.2) is 5.43 Å². The van der Waals surface area contributed by atoms with Crippen LogP contribution in [0.1, 0.15) is 0 Å². The predicted octanol–water partition coefficient (Wildman–Crippen LogP) is -0.617. The first-order valence-corrected chi connectivity index (χ1v) is 3.33. The van der Waals surface area contributed by atoms with Crippen LogP contribution in [0.3, 0.4) is 0 Å². The number of pyridine rings is 1. The van der Waals surface area contributed by atoms with Crippen molar-refractivity contribution in [3.63, 3.8) is 0 Å². The van der Waals surface area contributed by atoms with Crippen molar-refractivity contribution in [2.75, 3.05) is 0 Å². The zero-order chi connectivity index (χ0) is 8.55. The highest BCUT2D eigenvalue weighted by atomic mass is 16.1. The van der Waals surface area contributed by atoms with Gasteiger partial charge in [-0.25, -0.2) is 0 Å². The molecule has 0 amide bonds. The number of aromatic nitrogens is 3. The van der Waals surface area contributed by atoms with E-state index in [0.717, 1.165) is 0 Å². The lowest BCUT2D eigenvalue weighted by Gasteiger charge is -1.95. The van der Waals surface area contributed by atoms with Crippen LogP contribution in [-0.4, -0.2) is 14.6 Å². The van der Waals surface area contributed by atoms with Gasteiger partial charge < -0.3 is 0 Å². The summed E-state index contributed by atoms with van der Waals surface area (Å²) in [5, 5.41) is 2.69. The maximum absolute atomic E-state index is 11.0. The summed E-state index contributed by atoms with van der Waals surface area (Å²) in [4.78, 5) is 25.4. The summed E-state index contributed by atoms with van der Waals surface area (Å²) < 4.78 is 1.44. The van der Waals surface area contributed by atoms with E-state index in [1.807, 2.05) is 0 Å². The Balaban J connectivity index is 3.08. The number of aromatic amines is 1. The smallest absolute Gasteiger partial charge is 0.290 e. The minimum Gasteiger partial charge on any atom is -0.290 e. The minimum atomic E-state index is -0.411. The number of fused-ring (bicyclic) bond motifs is 1. The Bertz CT molecular complexity index is 526. The third-order valence-corrected chi connectivity index (χ3v) is 1.52. The van der Waals surface area contributed by atoms with E-state index in [1.54, 1.807) is 0 Å². The predicted molar refractivity (Wildman–Crippen MR) is 42.1 cm³/mol. The molecule has 0 aliphatic carbocycles. The summed E-state index contributed by atoms with van der Waals surface area (Å²) >= 11 is 0. The molecule has 0 aromatic carbocycles. The molecular formula is C7H5N3O2.